The summed E-state index contributed by atoms with van der Waals surface area (Å²) in [5.74, 6) is -0.873. The Morgan fingerprint density at radius 3 is 1.42 bits per heavy atom. The van der Waals surface area contributed by atoms with Crippen LogP contribution in [0.1, 0.15) is 95.4 Å². The highest BCUT2D eigenvalue weighted by Gasteiger charge is 2.20. The van der Waals surface area contributed by atoms with Gasteiger partial charge >= 0.3 is 23.9 Å². The van der Waals surface area contributed by atoms with E-state index >= 15 is 0 Å². The number of esters is 4. The van der Waals surface area contributed by atoms with Gasteiger partial charge in [0.05, 0.1) is 0 Å². The van der Waals surface area contributed by atoms with Gasteiger partial charge in [0.25, 0.3) is 0 Å². The molecule has 6 aromatic rings. The van der Waals surface area contributed by atoms with Crippen molar-refractivity contribution in [2.75, 3.05) is 13.2 Å². The second-order valence-corrected chi connectivity index (χ2v) is 18.9. The quantitative estimate of drug-likeness (QED) is 0.0175. The summed E-state index contributed by atoms with van der Waals surface area (Å²) in [6, 6.07) is 39.4. The Kier molecular flexibility index (Phi) is 24.0. The Bertz CT molecular complexity index is 3090. The van der Waals surface area contributed by atoms with Crippen LogP contribution in [0.25, 0.3) is 44.5 Å². The Labute approximate surface area is 459 Å². The summed E-state index contributed by atoms with van der Waals surface area (Å²) in [7, 11) is 0. The molecule has 0 aliphatic carbocycles. The second-order valence-electron chi connectivity index (χ2n) is 18.9. The van der Waals surface area contributed by atoms with E-state index in [-0.39, 0.29) is 42.1 Å². The summed E-state index contributed by atoms with van der Waals surface area (Å²) in [6.07, 6.45) is 13.4. The zero-order chi connectivity index (χ0) is 56.6. The molecule has 6 aromatic carbocycles. The van der Waals surface area contributed by atoms with E-state index in [0.717, 1.165) is 64.1 Å². The first kappa shape index (κ1) is 60.5. The number of aliphatic hydroxyl groups excluding tert-OH is 2. The minimum atomic E-state index is -0.620. The van der Waals surface area contributed by atoms with Crippen LogP contribution < -0.4 is 18.9 Å². The van der Waals surface area contributed by atoms with Gasteiger partial charge in [-0.15, -0.1) is 0 Å². The van der Waals surface area contributed by atoms with Crippen molar-refractivity contribution in [2.24, 2.45) is 0 Å². The number of aryl methyl sites for hydroxylation is 2. The van der Waals surface area contributed by atoms with Gasteiger partial charge in [0, 0.05) is 52.7 Å². The summed E-state index contributed by atoms with van der Waals surface area (Å²) in [4.78, 5) is 48.5. The van der Waals surface area contributed by atoms with Gasteiger partial charge in [-0.05, 0) is 134 Å². The Morgan fingerprint density at radius 2 is 0.910 bits per heavy atom. The number of aliphatic hydroxyl groups is 2. The minimum absolute atomic E-state index is 0.0718. The van der Waals surface area contributed by atoms with Crippen molar-refractivity contribution in [3.05, 3.63) is 205 Å². The maximum absolute atomic E-state index is 12.6. The van der Waals surface area contributed by atoms with Crippen LogP contribution in [-0.4, -0.2) is 47.3 Å². The monoisotopic (exact) mass is 1050 g/mol. The molecule has 0 atom stereocenters. The van der Waals surface area contributed by atoms with Crippen LogP contribution in [0.4, 0.5) is 0 Å². The first-order valence-electron chi connectivity index (χ1n) is 26.3. The summed E-state index contributed by atoms with van der Waals surface area (Å²) in [6.45, 7) is 23.3. The van der Waals surface area contributed by atoms with Gasteiger partial charge < -0.3 is 33.9 Å². The molecule has 0 aromatic heterocycles. The molecule has 0 bridgehead atoms. The molecule has 406 valence electrons. The van der Waals surface area contributed by atoms with Crippen LogP contribution in [0.15, 0.2) is 183 Å². The standard InChI is InChI=1S/C35H38O6.C32H34O5/c1-6-7-8-9-26-10-12-27(13-11-26)29-16-17-31(33(22-29)41-35(38)25(4)5)30-15-14-28(18-19-36)32(23-30)39-20-21-40-34(37)24(2)3;1-5-7-8-9-23-10-12-24(13-11-23)25-14-16-26(17-15-25)28-21-29(36-31(34)6-2)27(18-19-33)20-30(28)37-32(35)22(3)4/h10-17,20-23,36H,2,4,6-9,18-19H2,1,3,5H3;6,10-17,20-21,33H,2-3,5,7-9,18-19H2,1,4H3/b21-20+;. The Hall–Kier alpha value is -8.38. The molecule has 0 aliphatic heterocycles. The van der Waals surface area contributed by atoms with Crippen molar-refractivity contribution >= 4 is 23.9 Å². The molecule has 0 aliphatic rings. The average Bonchev–Trinajstić information content (AvgIpc) is 3.46. The zero-order valence-electron chi connectivity index (χ0n) is 45.7. The lowest BCUT2D eigenvalue weighted by Gasteiger charge is -2.16. The number of unbranched alkanes of at least 4 members (excludes halogenated alkanes) is 4. The molecule has 11 nitrogen and oxygen atoms in total. The number of hydrogen-bond acceptors (Lipinski definition) is 11. The molecule has 6 rings (SSSR count). The van der Waals surface area contributed by atoms with Gasteiger partial charge in [0.15, 0.2) is 0 Å². The van der Waals surface area contributed by atoms with Crippen LogP contribution in [0.5, 0.6) is 23.0 Å². The topological polar surface area (TPSA) is 155 Å². The van der Waals surface area contributed by atoms with Gasteiger partial charge in [-0.3, -0.25) is 0 Å². The van der Waals surface area contributed by atoms with Crippen molar-refractivity contribution in [1.29, 1.82) is 0 Å². The summed E-state index contributed by atoms with van der Waals surface area (Å²) in [5.41, 5.74) is 11.6. The molecule has 2 N–H and O–H groups in total. The lowest BCUT2D eigenvalue weighted by molar-refractivity contribution is -0.134. The van der Waals surface area contributed by atoms with Crippen molar-refractivity contribution in [1.82, 2.24) is 0 Å². The van der Waals surface area contributed by atoms with E-state index in [1.165, 1.54) is 55.9 Å². The first-order valence-corrected chi connectivity index (χ1v) is 26.3. The number of rotatable bonds is 26. The third kappa shape index (κ3) is 18.1. The minimum Gasteiger partial charge on any atom is -0.461 e. The van der Waals surface area contributed by atoms with E-state index in [1.807, 2.05) is 54.6 Å². The van der Waals surface area contributed by atoms with Crippen LogP contribution >= 0.6 is 0 Å². The van der Waals surface area contributed by atoms with Crippen molar-refractivity contribution in [3.8, 4) is 67.5 Å². The third-order valence-corrected chi connectivity index (χ3v) is 12.4. The molecule has 11 heteroatoms. The first-order chi connectivity index (χ1) is 37.6. The number of carbonyl (C=O) groups is 4. The lowest BCUT2D eigenvalue weighted by atomic mass is 9.96. The molecule has 0 amide bonds. The van der Waals surface area contributed by atoms with Crippen molar-refractivity contribution < 1.29 is 53.1 Å². The smallest absolute Gasteiger partial charge is 0.338 e. The number of ether oxygens (including phenoxy) is 5. The van der Waals surface area contributed by atoms with Crippen LogP contribution in [0.3, 0.4) is 0 Å². The van der Waals surface area contributed by atoms with Crippen LogP contribution in [0.2, 0.25) is 0 Å². The maximum atomic E-state index is 12.6. The highest BCUT2D eigenvalue weighted by Crippen LogP contribution is 2.40. The molecule has 0 fully saturated rings. The molecule has 0 heterocycles. The van der Waals surface area contributed by atoms with E-state index in [2.05, 4.69) is 88.7 Å². The predicted octanol–water partition coefficient (Wildman–Crippen LogP) is 14.6. The van der Waals surface area contributed by atoms with Crippen molar-refractivity contribution in [3.63, 3.8) is 0 Å². The van der Waals surface area contributed by atoms with Gasteiger partial charge in [0.2, 0.25) is 0 Å². The lowest BCUT2D eigenvalue weighted by Crippen LogP contribution is -2.11. The highest BCUT2D eigenvalue weighted by atomic mass is 16.6. The molecule has 0 saturated carbocycles. The Balaban J connectivity index is 0.000000289. The molecule has 0 saturated heterocycles. The van der Waals surface area contributed by atoms with Crippen LogP contribution in [0, 0.1) is 0 Å². The van der Waals surface area contributed by atoms with Crippen LogP contribution in [-0.2, 0) is 49.6 Å². The van der Waals surface area contributed by atoms with E-state index in [4.69, 9.17) is 23.7 Å². The van der Waals surface area contributed by atoms with Gasteiger partial charge in [-0.1, -0.05) is 163 Å². The van der Waals surface area contributed by atoms with E-state index in [9.17, 15) is 29.4 Å². The number of hydrogen-bond donors (Lipinski definition) is 2. The van der Waals surface area contributed by atoms with Gasteiger partial charge in [0.1, 0.15) is 35.5 Å². The van der Waals surface area contributed by atoms with Gasteiger partial charge in [-0.25, -0.2) is 19.2 Å². The predicted molar refractivity (Wildman–Crippen MR) is 310 cm³/mol. The zero-order valence-corrected chi connectivity index (χ0v) is 45.7. The SMILES string of the molecule is C=C(C)C(=O)O/C=C/Oc1cc(-c2ccc(-c3ccc(CCCCC)cc3)cc2OC(=O)C(=C)C)ccc1CCO.C=CC(=O)Oc1cc(-c2ccc(-c3ccc(CCCCC)cc3)cc2)c(OC(=O)C(=C)C)cc1CCO. The fourth-order valence-corrected chi connectivity index (χ4v) is 8.05. The highest BCUT2D eigenvalue weighted by molar-refractivity contribution is 5.92. The van der Waals surface area contributed by atoms with E-state index in [1.54, 1.807) is 39.0 Å². The number of benzene rings is 6. The van der Waals surface area contributed by atoms with E-state index < -0.39 is 23.9 Å². The maximum Gasteiger partial charge on any atom is 0.338 e. The average molecular weight is 1050 g/mol. The summed E-state index contributed by atoms with van der Waals surface area (Å²) in [5, 5.41) is 19.0. The van der Waals surface area contributed by atoms with E-state index in [0.29, 0.717) is 40.4 Å². The molecule has 78 heavy (non-hydrogen) atoms. The summed E-state index contributed by atoms with van der Waals surface area (Å²) < 4.78 is 27.5. The summed E-state index contributed by atoms with van der Waals surface area (Å²) >= 11 is 0. The molecule has 0 unspecified atom stereocenters. The largest absolute Gasteiger partial charge is 0.461 e. The Morgan fingerprint density at radius 1 is 0.449 bits per heavy atom. The van der Waals surface area contributed by atoms with Gasteiger partial charge in [-0.2, -0.15) is 0 Å². The van der Waals surface area contributed by atoms with Crippen molar-refractivity contribution in [2.45, 2.75) is 98.8 Å². The third-order valence-electron chi connectivity index (χ3n) is 12.4. The molecular formula is C67H72O11. The second kappa shape index (κ2) is 31.0. The fourth-order valence-electron chi connectivity index (χ4n) is 8.05. The fraction of sp³-hybridized carbons (Fsp3) is 0.254. The molecular weight excluding hydrogens is 981 g/mol. The number of carbonyl (C=O) groups excluding carboxylic acids is 4. The molecule has 0 spiro atoms. The normalized spacial score (nSPS) is 10.7. The molecule has 0 radical (unpaired) electrons.